The van der Waals surface area contributed by atoms with Gasteiger partial charge in [-0.3, -0.25) is 4.79 Å². The average Bonchev–Trinajstić information content (AvgIpc) is 2.83. The lowest BCUT2D eigenvalue weighted by Gasteiger charge is -2.34. The lowest BCUT2D eigenvalue weighted by Crippen LogP contribution is -2.59. The van der Waals surface area contributed by atoms with Crippen molar-refractivity contribution in [3.05, 3.63) is 24.4 Å². The van der Waals surface area contributed by atoms with E-state index >= 15 is 0 Å². The molecule has 2 heterocycles. The molecule has 2 fully saturated rings. The number of sulfonamides is 1. The standard InChI is InChI=1S/C19H30N4O4S/c1-14-8-9-15(22-18(25)19(20)10-4-2-5-11-19)16(24)13-23(14)28(26,27)17-7-3-6-12-21-17/h3,6-7,12,14-16,24H,2,4-5,8-11,13,20H2,1H3,(H,22,25)/t14-,15+,16?/m1/s1. The lowest BCUT2D eigenvalue weighted by atomic mass is 9.81. The molecule has 1 aromatic rings. The van der Waals surface area contributed by atoms with Gasteiger partial charge >= 0.3 is 0 Å². The number of β-amino-alcohol motifs (C(OH)–C–C–N with tert-alkyl or cyclic N) is 1. The number of aliphatic hydroxyl groups is 1. The Morgan fingerprint density at radius 3 is 2.64 bits per heavy atom. The average molecular weight is 411 g/mol. The summed E-state index contributed by atoms with van der Waals surface area (Å²) in [5.41, 5.74) is 5.40. The van der Waals surface area contributed by atoms with Crippen molar-refractivity contribution in [2.75, 3.05) is 6.54 Å². The Bertz CT molecular complexity index is 780. The van der Waals surface area contributed by atoms with E-state index in [4.69, 9.17) is 5.73 Å². The highest BCUT2D eigenvalue weighted by Crippen LogP contribution is 2.28. The number of nitrogens with two attached hydrogens (primary N) is 1. The van der Waals surface area contributed by atoms with Gasteiger partial charge < -0.3 is 16.2 Å². The third-order valence-electron chi connectivity index (χ3n) is 5.94. The Labute approximate surface area is 166 Å². The van der Waals surface area contributed by atoms with Gasteiger partial charge in [-0.2, -0.15) is 4.31 Å². The number of aliphatic hydroxyl groups excluding tert-OH is 1. The summed E-state index contributed by atoms with van der Waals surface area (Å²) in [6.07, 6.45) is 5.62. The molecule has 0 spiro atoms. The van der Waals surface area contributed by atoms with Crippen molar-refractivity contribution in [1.82, 2.24) is 14.6 Å². The first kappa shape index (κ1) is 21.2. The van der Waals surface area contributed by atoms with Gasteiger partial charge in [0.25, 0.3) is 10.0 Å². The van der Waals surface area contributed by atoms with Crippen LogP contribution in [0.2, 0.25) is 0 Å². The van der Waals surface area contributed by atoms with Crippen molar-refractivity contribution in [2.45, 2.75) is 80.6 Å². The van der Waals surface area contributed by atoms with Crippen LogP contribution >= 0.6 is 0 Å². The van der Waals surface area contributed by atoms with Crippen LogP contribution in [0.3, 0.4) is 0 Å². The van der Waals surface area contributed by atoms with Gasteiger partial charge in [-0.15, -0.1) is 0 Å². The van der Waals surface area contributed by atoms with Crippen molar-refractivity contribution in [1.29, 1.82) is 0 Å². The van der Waals surface area contributed by atoms with Gasteiger partial charge in [-0.1, -0.05) is 25.3 Å². The second-order valence-electron chi connectivity index (χ2n) is 8.03. The van der Waals surface area contributed by atoms with Crippen molar-refractivity contribution in [2.24, 2.45) is 5.73 Å². The Morgan fingerprint density at radius 2 is 2.00 bits per heavy atom. The zero-order valence-electron chi connectivity index (χ0n) is 16.3. The third-order valence-corrected chi connectivity index (χ3v) is 7.84. The summed E-state index contributed by atoms with van der Waals surface area (Å²) >= 11 is 0. The number of hydrogen-bond acceptors (Lipinski definition) is 6. The predicted molar refractivity (Wildman–Crippen MR) is 105 cm³/mol. The zero-order chi connectivity index (χ0) is 20.4. The Morgan fingerprint density at radius 1 is 1.29 bits per heavy atom. The van der Waals surface area contributed by atoms with Crippen molar-refractivity contribution < 1.29 is 18.3 Å². The highest BCUT2D eigenvalue weighted by Gasteiger charge is 2.40. The maximum absolute atomic E-state index is 13.0. The van der Waals surface area contributed by atoms with Gasteiger partial charge in [0.15, 0.2) is 5.03 Å². The second-order valence-corrected chi connectivity index (χ2v) is 9.87. The van der Waals surface area contributed by atoms with Gasteiger partial charge in [0, 0.05) is 18.8 Å². The predicted octanol–water partition coefficient (Wildman–Crippen LogP) is 0.762. The monoisotopic (exact) mass is 410 g/mol. The summed E-state index contributed by atoms with van der Waals surface area (Å²) < 4.78 is 27.2. The minimum absolute atomic E-state index is 0.0420. The van der Waals surface area contributed by atoms with E-state index < -0.39 is 27.7 Å². The molecule has 1 aliphatic carbocycles. The molecule has 1 saturated carbocycles. The van der Waals surface area contributed by atoms with Crippen LogP contribution in [0.25, 0.3) is 0 Å². The summed E-state index contributed by atoms with van der Waals surface area (Å²) in [7, 11) is -3.83. The molecule has 1 aliphatic heterocycles. The molecular weight excluding hydrogens is 380 g/mol. The molecule has 3 rings (SSSR count). The zero-order valence-corrected chi connectivity index (χ0v) is 17.1. The fourth-order valence-electron chi connectivity index (χ4n) is 4.09. The minimum Gasteiger partial charge on any atom is -0.390 e. The number of nitrogens with zero attached hydrogens (tertiary/aromatic N) is 2. The van der Waals surface area contributed by atoms with E-state index in [1.807, 2.05) is 6.92 Å². The largest absolute Gasteiger partial charge is 0.390 e. The number of rotatable bonds is 4. The number of amides is 1. The Balaban J connectivity index is 1.73. The van der Waals surface area contributed by atoms with E-state index in [1.54, 1.807) is 12.1 Å². The maximum Gasteiger partial charge on any atom is 0.260 e. The molecule has 1 saturated heterocycles. The van der Waals surface area contributed by atoms with E-state index in [1.165, 1.54) is 16.6 Å². The Kier molecular flexibility index (Phi) is 6.38. The molecule has 156 valence electrons. The number of pyridine rings is 1. The van der Waals surface area contributed by atoms with Crippen molar-refractivity contribution in [3.63, 3.8) is 0 Å². The number of aromatic nitrogens is 1. The number of carbonyl (C=O) groups excluding carboxylic acids is 1. The summed E-state index contributed by atoms with van der Waals surface area (Å²) in [6, 6.07) is 3.87. The highest BCUT2D eigenvalue weighted by atomic mass is 32.2. The molecule has 28 heavy (non-hydrogen) atoms. The SMILES string of the molecule is C[C@@H]1CC[C@H](NC(=O)C2(N)CCCCC2)C(O)CN1S(=O)(=O)c1ccccn1. The summed E-state index contributed by atoms with van der Waals surface area (Å²) in [6.45, 7) is 1.71. The molecule has 3 atom stereocenters. The van der Waals surface area contributed by atoms with Gasteiger partial charge in [-0.25, -0.2) is 13.4 Å². The van der Waals surface area contributed by atoms with E-state index in [-0.39, 0.29) is 23.5 Å². The first-order valence-electron chi connectivity index (χ1n) is 9.95. The fraction of sp³-hybridized carbons (Fsp3) is 0.684. The first-order valence-corrected chi connectivity index (χ1v) is 11.4. The first-order chi connectivity index (χ1) is 13.2. The smallest absolute Gasteiger partial charge is 0.260 e. The topological polar surface area (TPSA) is 126 Å². The summed E-state index contributed by atoms with van der Waals surface area (Å²) in [4.78, 5) is 16.7. The molecule has 2 aliphatic rings. The van der Waals surface area contributed by atoms with E-state index in [2.05, 4.69) is 10.3 Å². The molecular formula is C19H30N4O4S. The number of hydrogen-bond donors (Lipinski definition) is 3. The molecule has 9 heteroatoms. The van der Waals surface area contributed by atoms with Crippen LogP contribution in [0.5, 0.6) is 0 Å². The fourth-order valence-corrected chi connectivity index (χ4v) is 5.71. The van der Waals surface area contributed by atoms with Gasteiger partial charge in [0.2, 0.25) is 5.91 Å². The van der Waals surface area contributed by atoms with Crippen molar-refractivity contribution in [3.8, 4) is 0 Å². The number of nitrogens with one attached hydrogen (secondary N) is 1. The minimum atomic E-state index is -3.83. The second kappa shape index (κ2) is 8.44. The maximum atomic E-state index is 13.0. The van der Waals surface area contributed by atoms with Gasteiger partial charge in [0.1, 0.15) is 0 Å². The molecule has 4 N–H and O–H groups in total. The molecule has 0 radical (unpaired) electrons. The molecule has 1 aromatic heterocycles. The van der Waals surface area contributed by atoms with Gasteiger partial charge in [0.05, 0.1) is 17.7 Å². The molecule has 1 amide bonds. The van der Waals surface area contributed by atoms with E-state index in [9.17, 15) is 18.3 Å². The highest BCUT2D eigenvalue weighted by molar-refractivity contribution is 7.89. The molecule has 0 bridgehead atoms. The van der Waals surface area contributed by atoms with Crippen LogP contribution in [0.1, 0.15) is 51.9 Å². The van der Waals surface area contributed by atoms with Crippen LogP contribution in [0.15, 0.2) is 29.4 Å². The quantitative estimate of drug-likeness (QED) is 0.673. The molecule has 0 aromatic carbocycles. The molecule has 1 unspecified atom stereocenters. The van der Waals surface area contributed by atoms with Crippen LogP contribution < -0.4 is 11.1 Å². The van der Waals surface area contributed by atoms with Crippen LogP contribution in [0, 0.1) is 0 Å². The summed E-state index contributed by atoms with van der Waals surface area (Å²) in [5.74, 6) is -0.245. The number of carbonyl (C=O) groups is 1. The van der Waals surface area contributed by atoms with Crippen LogP contribution in [0.4, 0.5) is 0 Å². The molecule has 8 nitrogen and oxygen atoms in total. The Hall–Kier alpha value is -1.55. The normalized spacial score (nSPS) is 29.0. The van der Waals surface area contributed by atoms with Crippen LogP contribution in [-0.2, 0) is 14.8 Å². The summed E-state index contributed by atoms with van der Waals surface area (Å²) in [5, 5.41) is 13.6. The van der Waals surface area contributed by atoms with E-state index in [0.717, 1.165) is 19.3 Å². The van der Waals surface area contributed by atoms with E-state index in [0.29, 0.717) is 25.7 Å². The lowest BCUT2D eigenvalue weighted by molar-refractivity contribution is -0.129. The third kappa shape index (κ3) is 4.37. The van der Waals surface area contributed by atoms with Crippen LogP contribution in [-0.4, -0.2) is 59.0 Å². The van der Waals surface area contributed by atoms with Gasteiger partial charge in [-0.05, 0) is 44.7 Å². The van der Waals surface area contributed by atoms with Crippen molar-refractivity contribution >= 4 is 15.9 Å².